The zero-order valence-electron chi connectivity index (χ0n) is 24.7. The molecule has 44 heavy (non-hydrogen) atoms. The minimum Gasteiger partial charge on any atom is -0.550 e. The molecule has 0 radical (unpaired) electrons. The van der Waals surface area contributed by atoms with E-state index in [2.05, 4.69) is 10.5 Å². The quantitative estimate of drug-likeness (QED) is 0.227. The number of phenols is 2. The fourth-order valence-electron chi connectivity index (χ4n) is 5.03. The van der Waals surface area contributed by atoms with Gasteiger partial charge in [-0.25, -0.2) is 4.39 Å². The van der Waals surface area contributed by atoms with E-state index >= 15 is 0 Å². The van der Waals surface area contributed by atoms with Gasteiger partial charge < -0.3 is 39.6 Å². The average Bonchev–Trinajstić information content (AvgIpc) is 3.43. The molecule has 1 fully saturated rings. The summed E-state index contributed by atoms with van der Waals surface area (Å²) in [6.07, 6.45) is 0.878. The van der Waals surface area contributed by atoms with Crippen LogP contribution in [-0.2, 0) is 28.9 Å². The van der Waals surface area contributed by atoms with Gasteiger partial charge in [0.15, 0.2) is 11.5 Å². The normalized spacial score (nSPS) is 13.2. The maximum absolute atomic E-state index is 13.6. The molecule has 1 aliphatic heterocycles. The number of aliphatic carboxylic acids is 1. The van der Waals surface area contributed by atoms with E-state index in [-0.39, 0.29) is 34.7 Å². The van der Waals surface area contributed by atoms with Crippen LogP contribution in [0.4, 0.5) is 4.39 Å². The van der Waals surface area contributed by atoms with Crippen molar-refractivity contribution < 1.29 is 43.5 Å². The Morgan fingerprint density at radius 3 is 2.36 bits per heavy atom. The molecular formula is C33H36FN3O7. The minimum absolute atomic E-state index is 0.0855. The predicted molar refractivity (Wildman–Crippen MR) is 158 cm³/mol. The molecule has 0 unspecified atom stereocenters. The number of nitrogens with one attached hydrogen (secondary N) is 2. The number of carbonyl (C=O) groups excluding carboxylic acids is 2. The topological polar surface area (TPSA) is 149 Å². The maximum atomic E-state index is 13.6. The molecule has 0 saturated carbocycles. The molecule has 11 heteroatoms. The Kier molecular flexibility index (Phi) is 11.1. The molecule has 1 amide bonds. The number of hydrogen-bond donors (Lipinski definition) is 4. The van der Waals surface area contributed by atoms with Crippen molar-refractivity contribution in [2.45, 2.75) is 33.2 Å². The number of aromatic nitrogens is 1. The summed E-state index contributed by atoms with van der Waals surface area (Å²) < 4.78 is 24.8. The average molecular weight is 606 g/mol. The molecule has 0 atom stereocenters. The van der Waals surface area contributed by atoms with E-state index in [4.69, 9.17) is 19.2 Å². The van der Waals surface area contributed by atoms with Crippen LogP contribution in [0.3, 0.4) is 0 Å². The van der Waals surface area contributed by atoms with Crippen LogP contribution in [0.15, 0.2) is 65.2 Å². The molecule has 10 nitrogen and oxygen atoms in total. The molecule has 3 aromatic carbocycles. The molecule has 1 saturated heterocycles. The lowest BCUT2D eigenvalue weighted by Crippen LogP contribution is -3.12. The Labute approximate surface area is 254 Å². The van der Waals surface area contributed by atoms with Gasteiger partial charge in [0, 0.05) is 24.1 Å². The molecule has 1 aromatic heterocycles. The maximum Gasteiger partial charge on any atom is 0.274 e. The standard InChI is InChI=1S/C31H32FN3O5.C2H4O2/c1-2-33-31(38)29-28(22-9-7-21(8-10-22)19-35-12-14-39-15-13-35)30(40-34-29)25-17-23(26(36)18-27(25)37)11-6-20-4-3-5-24(32)16-20;1-2(3)4/h3-5,7-10,16-18,36-37H,2,6,11-15,19H2,1H3,(H,33,38);1H3,(H,3,4). The van der Waals surface area contributed by atoms with Crippen LogP contribution < -0.4 is 15.3 Å². The molecule has 4 N–H and O–H groups in total. The number of morpholine rings is 1. The third-order valence-electron chi connectivity index (χ3n) is 7.15. The Hall–Kier alpha value is -4.74. The van der Waals surface area contributed by atoms with Crippen molar-refractivity contribution in [3.8, 4) is 33.9 Å². The Morgan fingerprint density at radius 2 is 1.70 bits per heavy atom. The number of carbonyl (C=O) groups is 2. The summed E-state index contributed by atoms with van der Waals surface area (Å²) in [5.74, 6) is -1.87. The van der Waals surface area contributed by atoms with Gasteiger partial charge in [0.2, 0.25) is 0 Å². The lowest BCUT2D eigenvalue weighted by atomic mass is 9.95. The number of benzene rings is 3. The highest BCUT2D eigenvalue weighted by Gasteiger charge is 2.27. The molecule has 5 rings (SSSR count). The number of carboxylic acid groups (broad SMARTS) is 1. The van der Waals surface area contributed by atoms with Gasteiger partial charge in [0.1, 0.15) is 37.0 Å². The number of ether oxygens (including phenoxy) is 1. The number of rotatable bonds is 9. The highest BCUT2D eigenvalue weighted by molar-refractivity contribution is 6.02. The molecule has 0 spiro atoms. The minimum atomic E-state index is -1.08. The van der Waals surface area contributed by atoms with Gasteiger partial charge in [0.05, 0.1) is 24.3 Å². The largest absolute Gasteiger partial charge is 0.550 e. The van der Waals surface area contributed by atoms with Crippen molar-refractivity contribution in [2.24, 2.45) is 0 Å². The summed E-state index contributed by atoms with van der Waals surface area (Å²) in [6, 6.07) is 17.1. The van der Waals surface area contributed by atoms with Crippen LogP contribution >= 0.6 is 0 Å². The Morgan fingerprint density at radius 1 is 1.00 bits per heavy atom. The lowest BCUT2D eigenvalue weighted by molar-refractivity contribution is -0.921. The molecule has 0 bridgehead atoms. The molecule has 0 aliphatic carbocycles. The summed E-state index contributed by atoms with van der Waals surface area (Å²) in [5.41, 5.74) is 4.06. The third-order valence-corrected chi connectivity index (χ3v) is 7.15. The van der Waals surface area contributed by atoms with Gasteiger partial charge >= 0.3 is 0 Å². The van der Waals surface area contributed by atoms with Crippen molar-refractivity contribution in [1.82, 2.24) is 10.5 Å². The summed E-state index contributed by atoms with van der Waals surface area (Å²) in [5, 5.41) is 37.1. The fraction of sp³-hybridized carbons (Fsp3) is 0.303. The Balaban J connectivity index is 0.00000104. The monoisotopic (exact) mass is 605 g/mol. The van der Waals surface area contributed by atoms with Gasteiger partial charge in [-0.15, -0.1) is 0 Å². The second kappa shape index (κ2) is 15.1. The van der Waals surface area contributed by atoms with E-state index in [1.165, 1.54) is 23.1 Å². The molecule has 4 aromatic rings. The smallest absolute Gasteiger partial charge is 0.274 e. The molecule has 2 heterocycles. The summed E-state index contributed by atoms with van der Waals surface area (Å²) in [4.78, 5) is 23.3. The second-order valence-electron chi connectivity index (χ2n) is 10.5. The van der Waals surface area contributed by atoms with Gasteiger partial charge in [0.25, 0.3) is 5.91 Å². The van der Waals surface area contributed by atoms with Crippen LogP contribution in [-0.4, -0.2) is 60.1 Å². The van der Waals surface area contributed by atoms with Crippen molar-refractivity contribution in [3.63, 3.8) is 0 Å². The SMILES string of the molecule is CC(=O)[O-].CCNC(=O)c1noc(-c2cc(CCc3cccc(F)c3)c(O)cc2O)c1-c1ccc(C[NH+]2CCOCC2)cc1. The highest BCUT2D eigenvalue weighted by Crippen LogP contribution is 2.42. The van der Waals surface area contributed by atoms with Crippen LogP contribution in [0.5, 0.6) is 11.5 Å². The van der Waals surface area contributed by atoms with Gasteiger partial charge in [-0.3, -0.25) is 4.79 Å². The number of aromatic hydroxyl groups is 2. The van der Waals surface area contributed by atoms with E-state index in [0.717, 1.165) is 50.9 Å². The van der Waals surface area contributed by atoms with Crippen LogP contribution in [0.1, 0.15) is 41.0 Å². The van der Waals surface area contributed by atoms with Gasteiger partial charge in [-0.2, -0.15) is 0 Å². The number of amides is 1. The van der Waals surface area contributed by atoms with E-state index in [1.54, 1.807) is 12.1 Å². The molecular weight excluding hydrogens is 569 g/mol. The Bertz CT molecular complexity index is 1580. The first kappa shape index (κ1) is 32.2. The highest BCUT2D eigenvalue weighted by atomic mass is 19.1. The van der Waals surface area contributed by atoms with Crippen LogP contribution in [0.25, 0.3) is 22.5 Å². The number of hydrogen-bond acceptors (Lipinski definition) is 8. The first-order chi connectivity index (χ1) is 21.2. The zero-order chi connectivity index (χ0) is 31.6. The van der Waals surface area contributed by atoms with E-state index < -0.39 is 5.97 Å². The number of phenolic OH excluding ortho intramolecular Hbond substituents is 2. The van der Waals surface area contributed by atoms with Crippen molar-refractivity contribution >= 4 is 11.9 Å². The molecule has 1 aliphatic rings. The number of halogens is 1. The summed E-state index contributed by atoms with van der Waals surface area (Å²) >= 11 is 0. The first-order valence-electron chi connectivity index (χ1n) is 14.4. The van der Waals surface area contributed by atoms with E-state index in [9.17, 15) is 19.4 Å². The number of aryl methyl sites for hydroxylation is 2. The first-order valence-corrected chi connectivity index (χ1v) is 14.4. The van der Waals surface area contributed by atoms with Crippen molar-refractivity contribution in [3.05, 3.63) is 88.9 Å². The van der Waals surface area contributed by atoms with E-state index in [1.807, 2.05) is 37.3 Å². The third kappa shape index (κ3) is 8.42. The van der Waals surface area contributed by atoms with Crippen LogP contribution in [0, 0.1) is 5.82 Å². The number of carboxylic acids is 1. The van der Waals surface area contributed by atoms with E-state index in [0.29, 0.717) is 41.6 Å². The number of quaternary nitrogens is 1. The summed E-state index contributed by atoms with van der Waals surface area (Å²) in [6.45, 7) is 7.51. The van der Waals surface area contributed by atoms with Crippen LogP contribution in [0.2, 0.25) is 0 Å². The van der Waals surface area contributed by atoms with Crippen molar-refractivity contribution in [1.29, 1.82) is 0 Å². The molecule has 232 valence electrons. The van der Waals surface area contributed by atoms with Gasteiger partial charge in [-0.1, -0.05) is 41.6 Å². The van der Waals surface area contributed by atoms with Crippen molar-refractivity contribution in [2.75, 3.05) is 32.8 Å². The fourth-order valence-corrected chi connectivity index (χ4v) is 5.03. The summed E-state index contributed by atoms with van der Waals surface area (Å²) in [7, 11) is 0. The second-order valence-corrected chi connectivity index (χ2v) is 10.5. The zero-order valence-corrected chi connectivity index (χ0v) is 24.7. The van der Waals surface area contributed by atoms with Gasteiger partial charge in [-0.05, 0) is 61.6 Å². The number of nitrogens with zero attached hydrogens (tertiary/aromatic N) is 1. The predicted octanol–water partition coefficient (Wildman–Crippen LogP) is 2.27. The lowest BCUT2D eigenvalue weighted by Gasteiger charge is -2.23.